The van der Waals surface area contributed by atoms with Crippen molar-refractivity contribution in [3.63, 3.8) is 0 Å². The Balaban J connectivity index is 1.49. The van der Waals surface area contributed by atoms with E-state index >= 15 is 0 Å². The van der Waals surface area contributed by atoms with Crippen LogP contribution in [0.1, 0.15) is 36.6 Å². The van der Waals surface area contributed by atoms with E-state index in [0.29, 0.717) is 6.42 Å². The van der Waals surface area contributed by atoms with Gasteiger partial charge in [-0.2, -0.15) is 5.10 Å². The first-order valence-corrected chi connectivity index (χ1v) is 10.9. The summed E-state index contributed by atoms with van der Waals surface area (Å²) in [7, 11) is 1.89. The lowest BCUT2D eigenvalue weighted by molar-refractivity contribution is 0.568. The van der Waals surface area contributed by atoms with E-state index in [0.717, 1.165) is 52.3 Å². The largest absolute Gasteiger partial charge is 0.373 e. The normalized spacial score (nSPS) is 14.4. The van der Waals surface area contributed by atoms with Gasteiger partial charge in [0.2, 0.25) is 0 Å². The van der Waals surface area contributed by atoms with Crippen molar-refractivity contribution < 1.29 is 4.39 Å². The molecule has 0 radical (unpaired) electrons. The summed E-state index contributed by atoms with van der Waals surface area (Å²) in [6, 6.07) is 14.7. The van der Waals surface area contributed by atoms with Gasteiger partial charge < -0.3 is 10.2 Å². The molecule has 1 N–H and O–H groups in total. The second kappa shape index (κ2) is 7.95. The molecule has 0 spiro atoms. The molecule has 0 aliphatic carbocycles. The minimum atomic E-state index is -0.249. The molecule has 5 rings (SSSR count). The van der Waals surface area contributed by atoms with Crippen molar-refractivity contribution in [2.75, 3.05) is 23.8 Å². The summed E-state index contributed by atoms with van der Waals surface area (Å²) in [5.74, 6) is 2.92. The zero-order chi connectivity index (χ0) is 23.2. The summed E-state index contributed by atoms with van der Waals surface area (Å²) in [6.07, 6.45) is 2.30. The van der Waals surface area contributed by atoms with Crippen molar-refractivity contribution in [2.45, 2.75) is 32.6 Å². The van der Waals surface area contributed by atoms with Crippen LogP contribution in [0.5, 0.6) is 0 Å². The summed E-state index contributed by atoms with van der Waals surface area (Å²) in [6.45, 7) is 6.98. The van der Waals surface area contributed by atoms with Gasteiger partial charge in [-0.3, -0.25) is 0 Å². The molecule has 2 aromatic carbocycles. The highest BCUT2D eigenvalue weighted by molar-refractivity contribution is 5.74. The Labute approximate surface area is 192 Å². The average Bonchev–Trinajstić information content (AvgIpc) is 3.35. The van der Waals surface area contributed by atoms with Gasteiger partial charge in [-0.1, -0.05) is 26.0 Å². The lowest BCUT2D eigenvalue weighted by atomic mass is 9.88. The van der Waals surface area contributed by atoms with E-state index in [9.17, 15) is 4.39 Å². The van der Waals surface area contributed by atoms with Gasteiger partial charge in [0.25, 0.3) is 0 Å². The van der Waals surface area contributed by atoms with Crippen molar-refractivity contribution in [3.05, 3.63) is 83.5 Å². The summed E-state index contributed by atoms with van der Waals surface area (Å²) < 4.78 is 15.3. The maximum absolute atomic E-state index is 13.5. The summed E-state index contributed by atoms with van der Waals surface area (Å²) >= 11 is 0. The molecule has 0 saturated heterocycles. The standard InChI is InChI=1S/C25H26FN7/c1-16-28-15-33(31-16)20-9-5-17(6-10-20)13-21-29-23(27-4)22-24(30-21)32(14-25(22,2)3)19-11-7-18(26)8-12-19/h5-12,15H,13-14H2,1-4H3,(H,27,29,30). The number of nitrogens with one attached hydrogen (secondary N) is 1. The van der Waals surface area contributed by atoms with Crippen LogP contribution >= 0.6 is 0 Å². The number of halogens is 1. The van der Waals surface area contributed by atoms with Gasteiger partial charge >= 0.3 is 0 Å². The van der Waals surface area contributed by atoms with Gasteiger partial charge in [0.15, 0.2) is 0 Å². The molecule has 1 aliphatic heterocycles. The van der Waals surface area contributed by atoms with E-state index in [1.807, 2.05) is 26.1 Å². The zero-order valence-corrected chi connectivity index (χ0v) is 19.2. The highest BCUT2D eigenvalue weighted by Gasteiger charge is 2.40. The minimum absolute atomic E-state index is 0.155. The Morgan fingerprint density at radius 2 is 1.70 bits per heavy atom. The van der Waals surface area contributed by atoms with Crippen LogP contribution in [-0.2, 0) is 11.8 Å². The van der Waals surface area contributed by atoms with Crippen LogP contribution in [-0.4, -0.2) is 38.3 Å². The topological polar surface area (TPSA) is 71.8 Å². The third kappa shape index (κ3) is 3.92. The van der Waals surface area contributed by atoms with E-state index in [1.165, 1.54) is 12.1 Å². The second-order valence-electron chi connectivity index (χ2n) is 8.96. The molecule has 33 heavy (non-hydrogen) atoms. The molecule has 0 bridgehead atoms. The molecule has 7 nitrogen and oxygen atoms in total. The number of hydrogen-bond donors (Lipinski definition) is 1. The van der Waals surface area contributed by atoms with Crippen molar-refractivity contribution in [1.29, 1.82) is 0 Å². The van der Waals surface area contributed by atoms with Crippen molar-refractivity contribution in [1.82, 2.24) is 24.7 Å². The number of nitrogens with zero attached hydrogens (tertiary/aromatic N) is 6. The molecule has 1 aliphatic rings. The SMILES string of the molecule is CNc1nc(Cc2ccc(-n3cnc(C)n3)cc2)nc2c1C(C)(C)CN2c1ccc(F)cc1. The molecule has 0 atom stereocenters. The Hall–Kier alpha value is -3.81. The minimum Gasteiger partial charge on any atom is -0.373 e. The highest BCUT2D eigenvalue weighted by Crippen LogP contribution is 2.46. The molecule has 8 heteroatoms. The van der Waals surface area contributed by atoms with Crippen molar-refractivity contribution in [2.24, 2.45) is 0 Å². The smallest absolute Gasteiger partial charge is 0.147 e. The van der Waals surface area contributed by atoms with E-state index < -0.39 is 0 Å². The first-order chi connectivity index (χ1) is 15.8. The zero-order valence-electron chi connectivity index (χ0n) is 19.2. The number of rotatable bonds is 5. The van der Waals surface area contributed by atoms with E-state index in [4.69, 9.17) is 9.97 Å². The maximum atomic E-state index is 13.5. The quantitative estimate of drug-likeness (QED) is 0.487. The molecule has 2 aromatic heterocycles. The monoisotopic (exact) mass is 443 g/mol. The second-order valence-corrected chi connectivity index (χ2v) is 8.96. The Bertz CT molecular complexity index is 1290. The number of hydrogen-bond acceptors (Lipinski definition) is 6. The van der Waals surface area contributed by atoms with Crippen molar-refractivity contribution >= 4 is 17.3 Å². The Morgan fingerprint density at radius 3 is 2.33 bits per heavy atom. The fourth-order valence-corrected chi connectivity index (χ4v) is 4.38. The molecule has 0 fully saturated rings. The van der Waals surface area contributed by atoms with Gasteiger partial charge in [0.05, 0.1) is 5.69 Å². The number of fused-ring (bicyclic) bond motifs is 1. The van der Waals surface area contributed by atoms with Crippen LogP contribution in [0.2, 0.25) is 0 Å². The molecule has 0 unspecified atom stereocenters. The molecule has 168 valence electrons. The molecule has 4 aromatic rings. The lowest BCUT2D eigenvalue weighted by Gasteiger charge is -2.21. The fraction of sp³-hybridized carbons (Fsp3) is 0.280. The van der Waals surface area contributed by atoms with Gasteiger partial charge in [-0.15, -0.1) is 0 Å². The summed E-state index contributed by atoms with van der Waals surface area (Å²) in [4.78, 5) is 16.1. The predicted molar refractivity (Wildman–Crippen MR) is 127 cm³/mol. The predicted octanol–water partition coefficient (Wildman–Crippen LogP) is 4.57. The van der Waals surface area contributed by atoms with Gasteiger partial charge in [0.1, 0.15) is 35.4 Å². The van der Waals surface area contributed by atoms with Crippen LogP contribution in [0, 0.1) is 12.7 Å². The van der Waals surface area contributed by atoms with Gasteiger partial charge in [-0.05, 0) is 48.9 Å². The lowest BCUT2D eigenvalue weighted by Crippen LogP contribution is -2.25. The number of anilines is 3. The average molecular weight is 444 g/mol. The van der Waals surface area contributed by atoms with Crippen LogP contribution in [0.4, 0.5) is 21.7 Å². The molecule has 0 saturated carbocycles. The highest BCUT2D eigenvalue weighted by atomic mass is 19.1. The maximum Gasteiger partial charge on any atom is 0.147 e. The van der Waals surface area contributed by atoms with E-state index in [1.54, 1.807) is 23.1 Å². The van der Waals surface area contributed by atoms with Gasteiger partial charge in [0, 0.05) is 36.7 Å². The summed E-state index contributed by atoms with van der Waals surface area (Å²) in [5, 5.41) is 7.62. The van der Waals surface area contributed by atoms with E-state index in [-0.39, 0.29) is 11.2 Å². The summed E-state index contributed by atoms with van der Waals surface area (Å²) in [5.41, 5.74) is 3.90. The molecular weight excluding hydrogens is 417 g/mol. The molecular formula is C25H26FN7. The van der Waals surface area contributed by atoms with Crippen LogP contribution < -0.4 is 10.2 Å². The first kappa shape index (κ1) is 21.1. The number of benzene rings is 2. The fourth-order valence-electron chi connectivity index (χ4n) is 4.38. The number of aryl methyl sites for hydroxylation is 1. The molecule has 3 heterocycles. The van der Waals surface area contributed by atoms with Crippen molar-refractivity contribution in [3.8, 4) is 5.69 Å². The van der Waals surface area contributed by atoms with E-state index in [2.05, 4.69) is 46.3 Å². The van der Waals surface area contributed by atoms with Crippen LogP contribution in [0.25, 0.3) is 5.69 Å². The van der Waals surface area contributed by atoms with Crippen LogP contribution in [0.3, 0.4) is 0 Å². The third-order valence-electron chi connectivity index (χ3n) is 5.97. The van der Waals surface area contributed by atoms with Gasteiger partial charge in [-0.25, -0.2) is 24.0 Å². The first-order valence-electron chi connectivity index (χ1n) is 10.9. The van der Waals surface area contributed by atoms with Crippen LogP contribution in [0.15, 0.2) is 54.9 Å². The number of aromatic nitrogens is 5. The Kier molecular flexibility index (Phi) is 5.08. The Morgan fingerprint density at radius 1 is 1.00 bits per heavy atom. The third-order valence-corrected chi connectivity index (χ3v) is 5.97. The molecule has 0 amide bonds.